The average Bonchev–Trinajstić information content (AvgIpc) is 3.15. The Bertz CT molecular complexity index is 927. The van der Waals surface area contributed by atoms with E-state index in [4.69, 9.17) is 9.05 Å². The van der Waals surface area contributed by atoms with Crippen LogP contribution < -0.4 is 5.32 Å². The molecule has 0 aromatic heterocycles. The molecule has 0 saturated carbocycles. The smallest absolute Gasteiger partial charge is 0.387 e. The fraction of sp³-hybridized carbons (Fsp3) is 0.936. The van der Waals surface area contributed by atoms with Crippen LogP contribution in [0.4, 0.5) is 0 Å². The van der Waals surface area contributed by atoms with E-state index in [1.54, 1.807) is 6.08 Å². The first kappa shape index (κ1) is 55.2. The van der Waals surface area contributed by atoms with E-state index in [9.17, 15) is 19.4 Å². The molecule has 9 heteroatoms. The molecule has 3 N–H and O–H groups in total. The summed E-state index contributed by atoms with van der Waals surface area (Å²) in [5, 5.41) is 13.8. The highest BCUT2D eigenvalue weighted by Gasteiger charge is 2.27. The normalized spacial score (nSPS) is 14.3. The van der Waals surface area contributed by atoms with Gasteiger partial charge in [0.1, 0.15) is 13.2 Å². The minimum atomic E-state index is -4.33. The Kier molecular flexibility index (Phi) is 39.1. The van der Waals surface area contributed by atoms with Gasteiger partial charge in [0.25, 0.3) is 0 Å². The topological polar surface area (TPSA) is 105 Å². The SMILES string of the molecule is CCCCCCCCCCCCCC=C[C@@H](O)[C@H](COP(=O)(O)OCC[N+](C)(C)C)NC(=O)CCCCCCCCCCCCCCCCCCCCCCC. The monoisotopic (exact) mass is 816 g/mol. The van der Waals surface area contributed by atoms with Crippen molar-refractivity contribution in [3.63, 3.8) is 0 Å². The van der Waals surface area contributed by atoms with E-state index >= 15 is 0 Å². The van der Waals surface area contributed by atoms with Gasteiger partial charge in [-0.3, -0.25) is 13.8 Å². The van der Waals surface area contributed by atoms with E-state index in [0.717, 1.165) is 38.5 Å². The van der Waals surface area contributed by atoms with Crippen LogP contribution in [0.25, 0.3) is 0 Å². The van der Waals surface area contributed by atoms with Crippen LogP contribution in [-0.2, 0) is 18.4 Å². The molecule has 8 nitrogen and oxygen atoms in total. The summed E-state index contributed by atoms with van der Waals surface area (Å²) in [6, 6.07) is -0.839. The van der Waals surface area contributed by atoms with Gasteiger partial charge in [-0.2, -0.15) is 0 Å². The van der Waals surface area contributed by atoms with E-state index in [-0.39, 0.29) is 19.1 Å². The van der Waals surface area contributed by atoms with Gasteiger partial charge in [0.2, 0.25) is 5.91 Å². The molecule has 0 aromatic rings. The number of unbranched alkanes of at least 4 members (excludes halogenated alkanes) is 31. The van der Waals surface area contributed by atoms with Crippen molar-refractivity contribution in [3.8, 4) is 0 Å². The lowest BCUT2D eigenvalue weighted by Crippen LogP contribution is -2.45. The summed E-state index contributed by atoms with van der Waals surface area (Å²) >= 11 is 0. The summed E-state index contributed by atoms with van der Waals surface area (Å²) < 4.78 is 23.6. The number of phosphoric acid groups is 1. The van der Waals surface area contributed by atoms with Gasteiger partial charge in [-0.15, -0.1) is 0 Å². The molecular formula is C47H96N2O6P+. The van der Waals surface area contributed by atoms with Crippen molar-refractivity contribution in [2.45, 2.75) is 244 Å². The maximum absolute atomic E-state index is 12.9. The Morgan fingerprint density at radius 2 is 0.946 bits per heavy atom. The zero-order valence-corrected chi connectivity index (χ0v) is 38.8. The molecule has 3 atom stereocenters. The predicted octanol–water partition coefficient (Wildman–Crippen LogP) is 13.5. The zero-order valence-electron chi connectivity index (χ0n) is 37.9. The second-order valence-electron chi connectivity index (χ2n) is 17.8. The molecule has 0 bridgehead atoms. The van der Waals surface area contributed by atoms with Crippen molar-refractivity contribution in [1.82, 2.24) is 5.32 Å². The van der Waals surface area contributed by atoms with Crippen LogP contribution in [0.15, 0.2) is 12.2 Å². The Morgan fingerprint density at radius 1 is 0.589 bits per heavy atom. The van der Waals surface area contributed by atoms with Gasteiger partial charge in [0.15, 0.2) is 0 Å². The largest absolute Gasteiger partial charge is 0.472 e. The quantitative estimate of drug-likeness (QED) is 0.0245. The van der Waals surface area contributed by atoms with Crippen molar-refractivity contribution < 1.29 is 32.9 Å². The van der Waals surface area contributed by atoms with Crippen LogP contribution in [0.5, 0.6) is 0 Å². The van der Waals surface area contributed by atoms with Gasteiger partial charge < -0.3 is 19.8 Å². The fourth-order valence-electron chi connectivity index (χ4n) is 7.16. The number of hydrogen-bond donors (Lipinski definition) is 3. The maximum Gasteiger partial charge on any atom is 0.472 e. The number of nitrogens with zero attached hydrogens (tertiary/aromatic N) is 1. The third-order valence-electron chi connectivity index (χ3n) is 11.0. The van der Waals surface area contributed by atoms with E-state index in [2.05, 4.69) is 19.2 Å². The highest BCUT2D eigenvalue weighted by atomic mass is 31.2. The van der Waals surface area contributed by atoms with E-state index in [1.807, 2.05) is 27.2 Å². The number of nitrogens with one attached hydrogen (secondary N) is 1. The van der Waals surface area contributed by atoms with Crippen molar-refractivity contribution >= 4 is 13.7 Å². The standard InChI is InChI=1S/C47H95N2O6P/c1-6-8-10-12-14-16-18-20-21-22-23-24-25-26-27-29-31-33-35-37-39-41-47(51)48-45(44-55-56(52,53)54-43-42-49(3,4)5)46(50)40-38-36-34-32-30-28-19-17-15-13-11-9-7-2/h38,40,45-46,50H,6-37,39,41-44H2,1-5H3,(H-,48,51,52,53)/p+1/t45-,46+/m0/s1. The molecule has 0 saturated heterocycles. The molecule has 1 unspecified atom stereocenters. The zero-order chi connectivity index (χ0) is 41.4. The number of amides is 1. The van der Waals surface area contributed by atoms with Gasteiger partial charge in [-0.1, -0.05) is 219 Å². The molecule has 0 heterocycles. The second kappa shape index (κ2) is 39.7. The summed E-state index contributed by atoms with van der Waals surface area (Å²) in [5.74, 6) is -0.173. The van der Waals surface area contributed by atoms with Crippen LogP contribution in [0.3, 0.4) is 0 Å². The van der Waals surface area contributed by atoms with Crippen LogP contribution >= 0.6 is 7.82 Å². The fourth-order valence-corrected chi connectivity index (χ4v) is 7.90. The molecular weight excluding hydrogens is 719 g/mol. The minimum absolute atomic E-state index is 0.0647. The number of phosphoric ester groups is 1. The van der Waals surface area contributed by atoms with Crippen LogP contribution in [0.2, 0.25) is 0 Å². The summed E-state index contributed by atoms with van der Waals surface area (Å²) in [7, 11) is 1.58. The van der Waals surface area contributed by atoms with Crippen LogP contribution in [0.1, 0.15) is 232 Å². The van der Waals surface area contributed by atoms with E-state index in [1.165, 1.54) is 173 Å². The Morgan fingerprint density at radius 3 is 1.32 bits per heavy atom. The van der Waals surface area contributed by atoms with Crippen LogP contribution in [-0.4, -0.2) is 73.4 Å². The van der Waals surface area contributed by atoms with Gasteiger partial charge in [0.05, 0.1) is 39.9 Å². The number of likely N-dealkylation sites (N-methyl/N-ethyl adjacent to an activating group) is 1. The summed E-state index contributed by atoms with van der Waals surface area (Å²) in [5.41, 5.74) is 0. The molecule has 0 radical (unpaired) electrons. The van der Waals surface area contributed by atoms with Crippen molar-refractivity contribution in [2.75, 3.05) is 40.9 Å². The van der Waals surface area contributed by atoms with E-state index in [0.29, 0.717) is 17.4 Å². The van der Waals surface area contributed by atoms with Crippen molar-refractivity contribution in [3.05, 3.63) is 12.2 Å². The number of carbonyl (C=O) groups excluding carboxylic acids is 1. The lowest BCUT2D eigenvalue weighted by atomic mass is 10.0. The first-order valence-electron chi connectivity index (χ1n) is 24.1. The van der Waals surface area contributed by atoms with Crippen molar-refractivity contribution in [2.24, 2.45) is 0 Å². The maximum atomic E-state index is 12.9. The molecule has 1 amide bonds. The third kappa shape index (κ3) is 41.4. The predicted molar refractivity (Wildman–Crippen MR) is 240 cm³/mol. The minimum Gasteiger partial charge on any atom is -0.387 e. The number of aliphatic hydroxyl groups is 1. The molecule has 0 rings (SSSR count). The molecule has 0 aliphatic carbocycles. The molecule has 0 fully saturated rings. The lowest BCUT2D eigenvalue weighted by molar-refractivity contribution is -0.870. The summed E-state index contributed by atoms with van der Waals surface area (Å²) in [6.45, 7) is 4.83. The van der Waals surface area contributed by atoms with Gasteiger partial charge in [0, 0.05) is 6.42 Å². The number of allylic oxidation sites excluding steroid dienone is 1. The first-order chi connectivity index (χ1) is 27.0. The van der Waals surface area contributed by atoms with Crippen molar-refractivity contribution in [1.29, 1.82) is 0 Å². The molecule has 56 heavy (non-hydrogen) atoms. The van der Waals surface area contributed by atoms with Crippen LogP contribution in [0, 0.1) is 0 Å². The number of quaternary nitrogens is 1. The van der Waals surface area contributed by atoms with E-state index < -0.39 is 20.0 Å². The average molecular weight is 816 g/mol. The highest BCUT2D eigenvalue weighted by Crippen LogP contribution is 2.43. The summed E-state index contributed by atoms with van der Waals surface area (Å²) in [6.07, 6.45) is 45.7. The lowest BCUT2D eigenvalue weighted by Gasteiger charge is -2.25. The Balaban J connectivity index is 4.26. The first-order valence-corrected chi connectivity index (χ1v) is 25.6. The van der Waals surface area contributed by atoms with Gasteiger partial charge in [-0.25, -0.2) is 4.57 Å². The Hall–Kier alpha value is -0.760. The van der Waals surface area contributed by atoms with Gasteiger partial charge >= 0.3 is 7.82 Å². The number of hydrogen-bond acceptors (Lipinski definition) is 5. The highest BCUT2D eigenvalue weighted by molar-refractivity contribution is 7.47. The molecule has 0 aliphatic heterocycles. The molecule has 334 valence electrons. The number of carbonyl (C=O) groups is 1. The number of rotatable bonds is 44. The summed E-state index contributed by atoms with van der Waals surface area (Å²) in [4.78, 5) is 23.1. The molecule has 0 aromatic carbocycles. The molecule has 0 spiro atoms. The Labute approximate surface area is 348 Å². The second-order valence-corrected chi connectivity index (χ2v) is 19.3. The van der Waals surface area contributed by atoms with Gasteiger partial charge in [-0.05, 0) is 19.3 Å². The number of aliphatic hydroxyl groups excluding tert-OH is 1. The third-order valence-corrected chi connectivity index (χ3v) is 12.0. The molecule has 0 aliphatic rings.